The number of aromatic nitrogens is 1. The van der Waals surface area contributed by atoms with E-state index in [4.69, 9.17) is 18.0 Å². The van der Waals surface area contributed by atoms with Crippen molar-refractivity contribution >= 4 is 23.0 Å². The van der Waals surface area contributed by atoms with Gasteiger partial charge >= 0.3 is 6.18 Å². The first-order chi connectivity index (χ1) is 9.29. The van der Waals surface area contributed by atoms with Crippen LogP contribution in [0.15, 0.2) is 12.1 Å². The molecule has 0 radical (unpaired) electrons. The Labute approximate surface area is 120 Å². The Morgan fingerprint density at radius 2 is 1.85 bits per heavy atom. The molecule has 1 aromatic rings. The molecule has 2 heterocycles. The van der Waals surface area contributed by atoms with Gasteiger partial charge in [0.2, 0.25) is 0 Å². The smallest absolute Gasteiger partial charge is 0.389 e. The summed E-state index contributed by atoms with van der Waals surface area (Å²) in [5.74, 6) is 0.223. The molecule has 0 spiro atoms. The second-order valence-corrected chi connectivity index (χ2v) is 5.16. The first-order valence-corrected chi connectivity index (χ1v) is 6.51. The minimum atomic E-state index is -4.48. The molecule has 0 saturated carbocycles. The number of alkyl halides is 3. The van der Waals surface area contributed by atoms with Gasteiger partial charge < -0.3 is 15.5 Å². The van der Waals surface area contributed by atoms with Crippen LogP contribution in [0.5, 0.6) is 0 Å². The van der Waals surface area contributed by atoms with Crippen molar-refractivity contribution in [3.05, 3.63) is 23.4 Å². The highest BCUT2D eigenvalue weighted by Crippen LogP contribution is 2.30. The van der Waals surface area contributed by atoms with Crippen LogP contribution in [-0.4, -0.2) is 48.1 Å². The van der Waals surface area contributed by atoms with Crippen molar-refractivity contribution in [3.63, 3.8) is 0 Å². The Bertz CT molecular complexity index is 510. The Morgan fingerprint density at radius 1 is 1.25 bits per heavy atom. The molecule has 0 unspecified atom stereocenters. The van der Waals surface area contributed by atoms with Crippen molar-refractivity contribution in [1.29, 1.82) is 0 Å². The van der Waals surface area contributed by atoms with Gasteiger partial charge in [-0.25, -0.2) is 4.98 Å². The number of halogens is 3. The summed E-state index contributed by atoms with van der Waals surface area (Å²) in [6, 6.07) is 2.21. The van der Waals surface area contributed by atoms with Crippen LogP contribution < -0.4 is 10.6 Å². The highest BCUT2D eigenvalue weighted by Gasteiger charge is 2.34. The van der Waals surface area contributed by atoms with Gasteiger partial charge in [-0.15, -0.1) is 0 Å². The van der Waals surface area contributed by atoms with Crippen LogP contribution in [0.3, 0.4) is 0 Å². The number of hydrogen-bond acceptors (Lipinski definition) is 4. The first-order valence-electron chi connectivity index (χ1n) is 6.10. The van der Waals surface area contributed by atoms with E-state index < -0.39 is 11.9 Å². The summed E-state index contributed by atoms with van der Waals surface area (Å²) in [4.78, 5) is 7.68. The number of hydrogen-bond donors (Lipinski definition) is 1. The lowest BCUT2D eigenvalue weighted by Gasteiger charge is -2.34. The van der Waals surface area contributed by atoms with Crippen LogP contribution in [-0.2, 0) is 6.18 Å². The predicted octanol–water partition coefficient (Wildman–Crippen LogP) is 1.49. The second-order valence-electron chi connectivity index (χ2n) is 4.72. The lowest BCUT2D eigenvalue weighted by Crippen LogP contribution is -2.45. The molecule has 0 aliphatic carbocycles. The van der Waals surface area contributed by atoms with Crippen molar-refractivity contribution in [2.45, 2.75) is 6.18 Å². The maximum atomic E-state index is 12.8. The average Bonchev–Trinajstić information content (AvgIpc) is 2.37. The zero-order valence-electron chi connectivity index (χ0n) is 10.9. The Hall–Kier alpha value is -1.41. The van der Waals surface area contributed by atoms with E-state index >= 15 is 0 Å². The van der Waals surface area contributed by atoms with Crippen LogP contribution in [0.1, 0.15) is 11.3 Å². The number of likely N-dealkylation sites (N-methyl/N-ethyl adjacent to an activating group) is 1. The van der Waals surface area contributed by atoms with E-state index in [-0.39, 0.29) is 10.8 Å². The third-order valence-corrected chi connectivity index (χ3v) is 3.45. The molecule has 4 nitrogen and oxygen atoms in total. The lowest BCUT2D eigenvalue weighted by atomic mass is 10.2. The Balaban J connectivity index is 2.39. The molecule has 110 valence electrons. The maximum absolute atomic E-state index is 12.8. The molecule has 0 atom stereocenters. The number of pyridine rings is 1. The fourth-order valence-corrected chi connectivity index (χ4v) is 2.22. The van der Waals surface area contributed by atoms with E-state index in [1.165, 1.54) is 6.07 Å². The fourth-order valence-electron chi connectivity index (χ4n) is 2.06. The highest BCUT2D eigenvalue weighted by molar-refractivity contribution is 7.80. The van der Waals surface area contributed by atoms with E-state index in [0.29, 0.717) is 18.7 Å². The number of piperazine rings is 1. The zero-order valence-corrected chi connectivity index (χ0v) is 11.8. The summed E-state index contributed by atoms with van der Waals surface area (Å²) in [5, 5.41) is 0. The first kappa shape index (κ1) is 15.0. The van der Waals surface area contributed by atoms with Gasteiger partial charge in [0.05, 0.1) is 5.56 Å². The summed E-state index contributed by atoms with van der Waals surface area (Å²) in [6.07, 6.45) is -4.48. The SMILES string of the molecule is CN1CCN(c2nc(C(F)(F)F)ccc2C(N)=S)CC1. The van der Waals surface area contributed by atoms with Crippen molar-refractivity contribution in [2.24, 2.45) is 5.73 Å². The van der Waals surface area contributed by atoms with E-state index in [0.717, 1.165) is 19.2 Å². The van der Waals surface area contributed by atoms with Gasteiger partial charge in [0.15, 0.2) is 0 Å². The molecule has 1 fully saturated rings. The topological polar surface area (TPSA) is 45.4 Å². The van der Waals surface area contributed by atoms with Crippen LogP contribution in [0.4, 0.5) is 19.0 Å². The van der Waals surface area contributed by atoms with Crippen molar-refractivity contribution in [2.75, 3.05) is 38.1 Å². The molecule has 20 heavy (non-hydrogen) atoms. The Morgan fingerprint density at radius 3 is 2.35 bits per heavy atom. The fraction of sp³-hybridized carbons (Fsp3) is 0.500. The summed E-state index contributed by atoms with van der Waals surface area (Å²) >= 11 is 4.90. The normalized spacial score (nSPS) is 17.3. The summed E-state index contributed by atoms with van der Waals surface area (Å²) in [5.41, 5.74) is 5.04. The number of thiocarbonyl (C=S) groups is 1. The van der Waals surface area contributed by atoms with E-state index in [2.05, 4.69) is 9.88 Å². The molecule has 1 aromatic heterocycles. The van der Waals surface area contributed by atoms with Gasteiger partial charge in [-0.3, -0.25) is 0 Å². The quantitative estimate of drug-likeness (QED) is 0.839. The minimum absolute atomic E-state index is 0.0557. The standard InChI is InChI=1S/C12H15F3N4S/c1-18-4-6-19(7-5-18)11-8(10(16)20)2-3-9(17-11)12(13,14)15/h2-3H,4-7H2,1H3,(H2,16,20). The van der Waals surface area contributed by atoms with Crippen molar-refractivity contribution in [3.8, 4) is 0 Å². The molecule has 8 heteroatoms. The van der Waals surface area contributed by atoms with Crippen LogP contribution in [0.25, 0.3) is 0 Å². The zero-order chi connectivity index (χ0) is 14.9. The predicted molar refractivity (Wildman–Crippen MR) is 74.8 cm³/mol. The molecule has 0 aromatic carbocycles. The van der Waals surface area contributed by atoms with E-state index in [1.54, 1.807) is 4.90 Å². The number of anilines is 1. The molecule has 0 amide bonds. The van der Waals surface area contributed by atoms with Gasteiger partial charge in [0.25, 0.3) is 0 Å². The molecule has 0 bridgehead atoms. The largest absolute Gasteiger partial charge is 0.433 e. The molecular formula is C12H15F3N4S. The second kappa shape index (κ2) is 5.53. The molecule has 2 N–H and O–H groups in total. The van der Waals surface area contributed by atoms with Crippen LogP contribution in [0.2, 0.25) is 0 Å². The summed E-state index contributed by atoms with van der Waals surface area (Å²) in [7, 11) is 1.96. The molecule has 1 aliphatic heterocycles. The third-order valence-electron chi connectivity index (χ3n) is 3.23. The van der Waals surface area contributed by atoms with E-state index in [9.17, 15) is 13.2 Å². The van der Waals surface area contributed by atoms with Crippen LogP contribution >= 0.6 is 12.2 Å². The van der Waals surface area contributed by atoms with Gasteiger partial charge in [0.1, 0.15) is 16.5 Å². The Kier molecular flexibility index (Phi) is 4.14. The van der Waals surface area contributed by atoms with Gasteiger partial charge in [-0.2, -0.15) is 13.2 Å². The summed E-state index contributed by atoms with van der Waals surface area (Å²) < 4.78 is 38.3. The minimum Gasteiger partial charge on any atom is -0.389 e. The monoisotopic (exact) mass is 304 g/mol. The number of rotatable bonds is 2. The molecule has 2 rings (SSSR count). The maximum Gasteiger partial charge on any atom is 0.433 e. The molecule has 1 aliphatic rings. The van der Waals surface area contributed by atoms with Crippen molar-refractivity contribution < 1.29 is 13.2 Å². The summed E-state index contributed by atoms with van der Waals surface area (Å²) in [6.45, 7) is 2.71. The van der Waals surface area contributed by atoms with Gasteiger partial charge in [-0.05, 0) is 19.2 Å². The highest BCUT2D eigenvalue weighted by atomic mass is 32.1. The molecule has 1 saturated heterocycles. The third kappa shape index (κ3) is 3.18. The average molecular weight is 304 g/mol. The number of nitrogens with zero attached hydrogens (tertiary/aromatic N) is 3. The molecular weight excluding hydrogens is 289 g/mol. The van der Waals surface area contributed by atoms with Crippen LogP contribution in [0, 0.1) is 0 Å². The number of nitrogens with two attached hydrogens (primary N) is 1. The van der Waals surface area contributed by atoms with Gasteiger partial charge in [0, 0.05) is 26.2 Å². The van der Waals surface area contributed by atoms with Crippen molar-refractivity contribution in [1.82, 2.24) is 9.88 Å². The van der Waals surface area contributed by atoms with Gasteiger partial charge in [-0.1, -0.05) is 12.2 Å². The lowest BCUT2D eigenvalue weighted by molar-refractivity contribution is -0.141. The van der Waals surface area contributed by atoms with E-state index in [1.807, 2.05) is 7.05 Å².